The molecule has 0 aliphatic rings. The number of hydrogen-bond acceptors (Lipinski definition) is 5. The number of ether oxygens (including phenoxy) is 1. The molecule has 0 saturated heterocycles. The molecule has 0 saturated carbocycles. The minimum atomic E-state index is -0.356. The summed E-state index contributed by atoms with van der Waals surface area (Å²) in [6.07, 6.45) is 6.43. The predicted molar refractivity (Wildman–Crippen MR) is 101 cm³/mol. The van der Waals surface area contributed by atoms with E-state index in [0.29, 0.717) is 22.3 Å². The first-order valence-corrected chi connectivity index (χ1v) is 8.64. The quantitative estimate of drug-likeness (QED) is 0.684. The van der Waals surface area contributed by atoms with Crippen LogP contribution in [0.5, 0.6) is 5.75 Å². The van der Waals surface area contributed by atoms with Gasteiger partial charge in [-0.05, 0) is 25.0 Å². The molecule has 134 valence electrons. The topological polar surface area (TPSA) is 76.1 Å². The van der Waals surface area contributed by atoms with E-state index in [0.717, 1.165) is 18.5 Å². The van der Waals surface area contributed by atoms with Crippen LogP contribution < -0.4 is 15.4 Å². The number of aromatic nitrogens is 2. The summed E-state index contributed by atoms with van der Waals surface area (Å²) in [7, 11) is 1.52. The number of rotatable bonds is 8. The number of unbranched alkanes of at least 4 members (excludes halogenated alkanes) is 2. The highest BCUT2D eigenvalue weighted by molar-refractivity contribution is 6.31. The summed E-state index contributed by atoms with van der Waals surface area (Å²) in [5, 5.41) is 6.54. The van der Waals surface area contributed by atoms with Gasteiger partial charge in [0.05, 0.1) is 25.2 Å². The second-order valence-electron chi connectivity index (χ2n) is 5.68. The molecule has 1 aromatic carbocycles. The summed E-state index contributed by atoms with van der Waals surface area (Å²) in [6, 6.07) is 3.43. The van der Waals surface area contributed by atoms with Gasteiger partial charge in [0.25, 0.3) is 5.91 Å². The number of halogens is 1. The van der Waals surface area contributed by atoms with E-state index in [1.165, 1.54) is 26.1 Å². The molecule has 6 nitrogen and oxygen atoms in total. The van der Waals surface area contributed by atoms with Crippen LogP contribution in [0.3, 0.4) is 0 Å². The van der Waals surface area contributed by atoms with Crippen molar-refractivity contribution in [3.8, 4) is 5.75 Å². The highest BCUT2D eigenvalue weighted by atomic mass is 35.5. The van der Waals surface area contributed by atoms with E-state index in [1.54, 1.807) is 18.3 Å². The average Bonchev–Trinajstić information content (AvgIpc) is 2.62. The standard InChI is InChI=1S/C18H23ClN4O2/c1-4-5-6-7-20-17-11-21-15(10-22-17)18(24)23-14-8-12(2)13(19)9-16(14)25-3/h8-11H,4-7H2,1-3H3,(H,20,22)(H,23,24). The lowest BCUT2D eigenvalue weighted by molar-refractivity contribution is 0.102. The Labute approximate surface area is 153 Å². The van der Waals surface area contributed by atoms with Crippen molar-refractivity contribution in [2.24, 2.45) is 0 Å². The zero-order valence-corrected chi connectivity index (χ0v) is 15.5. The van der Waals surface area contributed by atoms with Gasteiger partial charge in [0, 0.05) is 17.6 Å². The number of benzene rings is 1. The normalized spacial score (nSPS) is 10.4. The van der Waals surface area contributed by atoms with Gasteiger partial charge in [-0.2, -0.15) is 0 Å². The zero-order chi connectivity index (χ0) is 18.2. The molecule has 1 heterocycles. The molecule has 0 atom stereocenters. The molecule has 2 rings (SSSR count). The molecule has 0 unspecified atom stereocenters. The minimum absolute atomic E-state index is 0.230. The molecule has 0 aliphatic heterocycles. The third kappa shape index (κ3) is 5.32. The molecule has 0 aliphatic carbocycles. The molecule has 7 heteroatoms. The van der Waals surface area contributed by atoms with Crippen molar-refractivity contribution >= 4 is 29.0 Å². The lowest BCUT2D eigenvalue weighted by Crippen LogP contribution is -2.15. The third-order valence-corrected chi connectivity index (χ3v) is 4.11. The largest absolute Gasteiger partial charge is 0.495 e. The van der Waals surface area contributed by atoms with E-state index in [4.69, 9.17) is 16.3 Å². The number of carbonyl (C=O) groups is 1. The Kier molecular flexibility index (Phi) is 7.01. The molecule has 25 heavy (non-hydrogen) atoms. The SMILES string of the molecule is CCCCCNc1cnc(C(=O)Nc2cc(C)c(Cl)cc2OC)cn1. The van der Waals surface area contributed by atoms with Crippen molar-refractivity contribution in [1.82, 2.24) is 9.97 Å². The first-order valence-electron chi connectivity index (χ1n) is 8.26. The van der Waals surface area contributed by atoms with Gasteiger partial charge >= 0.3 is 0 Å². The number of nitrogens with one attached hydrogen (secondary N) is 2. The molecule has 1 amide bonds. The van der Waals surface area contributed by atoms with Crippen molar-refractivity contribution in [2.45, 2.75) is 33.1 Å². The first-order chi connectivity index (χ1) is 12.0. The van der Waals surface area contributed by atoms with Crippen molar-refractivity contribution in [1.29, 1.82) is 0 Å². The van der Waals surface area contributed by atoms with Gasteiger partial charge in [0.2, 0.25) is 0 Å². The van der Waals surface area contributed by atoms with Crippen molar-refractivity contribution in [3.63, 3.8) is 0 Å². The van der Waals surface area contributed by atoms with E-state index < -0.39 is 0 Å². The minimum Gasteiger partial charge on any atom is -0.495 e. The second kappa shape index (κ2) is 9.22. The van der Waals surface area contributed by atoms with Gasteiger partial charge in [0.15, 0.2) is 0 Å². The number of anilines is 2. The molecular weight excluding hydrogens is 340 g/mol. The zero-order valence-electron chi connectivity index (χ0n) is 14.7. The molecule has 2 aromatic rings. The lowest BCUT2D eigenvalue weighted by atomic mass is 10.2. The van der Waals surface area contributed by atoms with E-state index >= 15 is 0 Å². The number of methoxy groups -OCH3 is 1. The Morgan fingerprint density at radius 1 is 1.24 bits per heavy atom. The van der Waals surface area contributed by atoms with E-state index in [9.17, 15) is 4.79 Å². The van der Waals surface area contributed by atoms with Crippen LogP contribution in [-0.4, -0.2) is 29.5 Å². The van der Waals surface area contributed by atoms with Gasteiger partial charge in [-0.3, -0.25) is 4.79 Å². The highest BCUT2D eigenvalue weighted by Gasteiger charge is 2.13. The maximum atomic E-state index is 12.4. The van der Waals surface area contributed by atoms with Crippen LogP contribution in [-0.2, 0) is 0 Å². The van der Waals surface area contributed by atoms with Gasteiger partial charge in [-0.25, -0.2) is 9.97 Å². The third-order valence-electron chi connectivity index (χ3n) is 3.70. The van der Waals surface area contributed by atoms with Crippen molar-refractivity contribution in [2.75, 3.05) is 24.3 Å². The summed E-state index contributed by atoms with van der Waals surface area (Å²) in [5.74, 6) is 0.795. The predicted octanol–water partition coefficient (Wildman–Crippen LogP) is 4.30. The van der Waals surface area contributed by atoms with Crippen LogP contribution in [0.4, 0.5) is 11.5 Å². The van der Waals surface area contributed by atoms with Crippen LogP contribution in [0.1, 0.15) is 42.2 Å². The summed E-state index contributed by atoms with van der Waals surface area (Å²) in [4.78, 5) is 20.8. The Morgan fingerprint density at radius 2 is 2.04 bits per heavy atom. The molecule has 1 aromatic heterocycles. The van der Waals surface area contributed by atoms with Crippen LogP contribution in [0, 0.1) is 6.92 Å². The maximum absolute atomic E-state index is 12.4. The Bertz CT molecular complexity index is 720. The Hall–Kier alpha value is -2.34. The number of nitrogens with zero attached hydrogens (tertiary/aromatic N) is 2. The lowest BCUT2D eigenvalue weighted by Gasteiger charge is -2.12. The first kappa shape index (κ1) is 19.0. The Morgan fingerprint density at radius 3 is 2.68 bits per heavy atom. The van der Waals surface area contributed by atoms with Gasteiger partial charge in [-0.1, -0.05) is 31.4 Å². The smallest absolute Gasteiger partial charge is 0.275 e. The molecule has 0 bridgehead atoms. The fourth-order valence-corrected chi connectivity index (χ4v) is 2.40. The molecular formula is C18H23ClN4O2. The number of carbonyl (C=O) groups excluding carboxylic acids is 1. The van der Waals surface area contributed by atoms with E-state index in [2.05, 4.69) is 27.5 Å². The summed E-state index contributed by atoms with van der Waals surface area (Å²) in [5.41, 5.74) is 1.61. The van der Waals surface area contributed by atoms with Gasteiger partial charge in [-0.15, -0.1) is 0 Å². The summed E-state index contributed by atoms with van der Waals surface area (Å²) >= 11 is 6.07. The molecule has 0 spiro atoms. The number of amides is 1. The van der Waals surface area contributed by atoms with Gasteiger partial charge < -0.3 is 15.4 Å². The summed E-state index contributed by atoms with van der Waals surface area (Å²) < 4.78 is 5.26. The van der Waals surface area contributed by atoms with Crippen LogP contribution in [0.15, 0.2) is 24.5 Å². The Balaban J connectivity index is 2.02. The number of aryl methyl sites for hydroxylation is 1. The second-order valence-corrected chi connectivity index (χ2v) is 6.08. The van der Waals surface area contributed by atoms with Crippen LogP contribution in [0.2, 0.25) is 5.02 Å². The molecule has 0 radical (unpaired) electrons. The van der Waals surface area contributed by atoms with E-state index in [-0.39, 0.29) is 11.6 Å². The van der Waals surface area contributed by atoms with Crippen LogP contribution in [0.25, 0.3) is 0 Å². The highest BCUT2D eigenvalue weighted by Crippen LogP contribution is 2.31. The van der Waals surface area contributed by atoms with Crippen molar-refractivity contribution in [3.05, 3.63) is 40.8 Å². The fraction of sp³-hybridized carbons (Fsp3) is 0.389. The summed E-state index contributed by atoms with van der Waals surface area (Å²) in [6.45, 7) is 4.86. The van der Waals surface area contributed by atoms with Crippen molar-refractivity contribution < 1.29 is 9.53 Å². The van der Waals surface area contributed by atoms with Gasteiger partial charge in [0.1, 0.15) is 17.3 Å². The molecule has 0 fully saturated rings. The average molecular weight is 363 g/mol. The van der Waals surface area contributed by atoms with E-state index in [1.807, 2.05) is 6.92 Å². The number of hydrogen-bond donors (Lipinski definition) is 2. The fourth-order valence-electron chi connectivity index (χ4n) is 2.24. The van der Waals surface area contributed by atoms with Crippen LogP contribution >= 0.6 is 11.6 Å². The monoisotopic (exact) mass is 362 g/mol. The molecule has 2 N–H and O–H groups in total. The maximum Gasteiger partial charge on any atom is 0.275 e.